The van der Waals surface area contributed by atoms with Crippen LogP contribution in [0.3, 0.4) is 0 Å². The first-order valence-electron chi connectivity index (χ1n) is 31.3. The lowest BCUT2D eigenvalue weighted by Crippen LogP contribution is -2.60. The highest BCUT2D eigenvalue weighted by Gasteiger charge is 2.48. The second-order valence-corrected chi connectivity index (χ2v) is 23.1. The molecule has 0 amide bonds. The van der Waals surface area contributed by atoms with Gasteiger partial charge in [0.1, 0.15) is 30.5 Å². The van der Waals surface area contributed by atoms with E-state index in [0.29, 0.717) is 13.0 Å². The van der Waals surface area contributed by atoms with Gasteiger partial charge in [-0.05, 0) is 12.8 Å². The molecule has 73 heavy (non-hydrogen) atoms. The third kappa shape index (κ3) is 44.7. The highest BCUT2D eigenvalue weighted by Crippen LogP contribution is 2.26. The fourth-order valence-electron chi connectivity index (χ4n) is 10.3. The van der Waals surface area contributed by atoms with Gasteiger partial charge in [-0.2, -0.15) is 8.42 Å². The molecule has 4 N–H and O–H groups in total. The minimum atomic E-state index is -5.06. The number of hydrogen-bond acceptors (Lipinski definition) is 11. The van der Waals surface area contributed by atoms with Crippen molar-refractivity contribution < 1.29 is 56.2 Å². The Hall–Kier alpha value is -0.900. The number of unbranched alkanes of at least 4 members (excludes halogenated alkanes) is 44. The second-order valence-electron chi connectivity index (χ2n) is 22.0. The van der Waals surface area contributed by atoms with Crippen molar-refractivity contribution in [3.8, 4) is 0 Å². The lowest BCUT2D eigenvalue weighted by Gasteiger charge is -2.41. The van der Waals surface area contributed by atoms with E-state index < -0.39 is 53.8 Å². The maximum absolute atomic E-state index is 13.0. The number of hydrogen-bond donors (Lipinski definition) is 4. The number of esters is 1. The van der Waals surface area contributed by atoms with Gasteiger partial charge in [0, 0.05) is 13.0 Å². The summed E-state index contributed by atoms with van der Waals surface area (Å²) in [5.74, 6) is -0.388. The largest absolute Gasteiger partial charge is 0.457 e. The summed E-state index contributed by atoms with van der Waals surface area (Å²) in [5.41, 5.74) is 0. The molecule has 1 saturated heterocycles. The summed E-state index contributed by atoms with van der Waals surface area (Å²) in [7, 11) is -5.06. The number of carbonyl (C=O) groups excluding carboxylic acids is 1. The van der Waals surface area contributed by atoms with Crippen LogP contribution in [0.4, 0.5) is 0 Å². The zero-order chi connectivity index (χ0) is 53.1. The number of aliphatic hydroxyl groups excluding tert-OH is 3. The monoisotopic (exact) mass is 1060 g/mol. The summed E-state index contributed by atoms with van der Waals surface area (Å²) in [6.07, 6.45) is 51.6. The Kier molecular flexibility index (Phi) is 49.8. The third-order valence-corrected chi connectivity index (χ3v) is 15.4. The third-order valence-electron chi connectivity index (χ3n) is 15.0. The standard InChI is InChI=1S/C60H118O12S/c1-3-5-7-9-11-13-15-17-19-21-23-25-26-27-28-29-30-32-34-36-38-40-42-44-46-48-50-68-52-54(53-69-60-58(64)59(72-73(65,66)67)57(63)55(51-61)71-60)70-56(62)49-47-45-43-41-39-37-35-33-31-24-22-20-18-16-14-12-10-8-6-4-2/h54-55,57-61,63-64H,3-53H2,1-2H3,(H,65,66,67). The van der Waals surface area contributed by atoms with Crippen LogP contribution in [0.1, 0.15) is 316 Å². The molecule has 0 aromatic rings. The fourth-order valence-corrected chi connectivity index (χ4v) is 10.8. The minimum absolute atomic E-state index is 0.0459. The Balaban J connectivity index is 2.22. The SMILES string of the molecule is CCCCCCCCCCCCCCCCCCCCCCCCCCCCOCC(COC1OC(CO)C(O)C(OS(=O)(=O)O)C1O)OC(=O)CCCCCCCCCCCCCCCCCCCCCC. The Bertz CT molecular complexity index is 1270. The van der Waals surface area contributed by atoms with E-state index >= 15 is 0 Å². The first-order valence-corrected chi connectivity index (χ1v) is 32.7. The van der Waals surface area contributed by atoms with E-state index in [1.54, 1.807) is 0 Å². The molecule has 0 aromatic heterocycles. The van der Waals surface area contributed by atoms with Crippen molar-refractivity contribution >= 4 is 16.4 Å². The lowest BCUT2D eigenvalue weighted by atomic mass is 9.99. The maximum Gasteiger partial charge on any atom is 0.397 e. The Labute approximate surface area is 449 Å². The van der Waals surface area contributed by atoms with Gasteiger partial charge in [-0.1, -0.05) is 296 Å². The number of ether oxygens (including phenoxy) is 4. The maximum atomic E-state index is 13.0. The lowest BCUT2D eigenvalue weighted by molar-refractivity contribution is -0.301. The van der Waals surface area contributed by atoms with E-state index in [1.165, 1.54) is 250 Å². The van der Waals surface area contributed by atoms with Gasteiger partial charge < -0.3 is 34.3 Å². The van der Waals surface area contributed by atoms with Gasteiger partial charge in [-0.3, -0.25) is 9.35 Å². The first kappa shape index (κ1) is 70.1. The van der Waals surface area contributed by atoms with Crippen molar-refractivity contribution in [2.24, 2.45) is 0 Å². The van der Waals surface area contributed by atoms with Crippen LogP contribution in [0, 0.1) is 0 Å². The predicted octanol–water partition coefficient (Wildman–Crippen LogP) is 15.9. The van der Waals surface area contributed by atoms with Crippen molar-refractivity contribution in [3.05, 3.63) is 0 Å². The zero-order valence-corrected chi connectivity index (χ0v) is 48.3. The zero-order valence-electron chi connectivity index (χ0n) is 47.5. The summed E-state index contributed by atoms with van der Waals surface area (Å²) in [4.78, 5) is 13.0. The van der Waals surface area contributed by atoms with E-state index in [2.05, 4.69) is 18.0 Å². The fraction of sp³-hybridized carbons (Fsp3) is 0.983. The van der Waals surface area contributed by atoms with Crippen molar-refractivity contribution in [1.29, 1.82) is 0 Å². The van der Waals surface area contributed by atoms with Crippen LogP contribution < -0.4 is 0 Å². The molecule has 6 atom stereocenters. The molecule has 436 valence electrons. The molecule has 6 unspecified atom stereocenters. The molecular weight excluding hydrogens is 945 g/mol. The number of carbonyl (C=O) groups is 1. The molecule has 1 heterocycles. The summed E-state index contributed by atoms with van der Waals surface area (Å²) >= 11 is 0. The number of rotatable bonds is 57. The van der Waals surface area contributed by atoms with Gasteiger partial charge in [0.15, 0.2) is 6.29 Å². The quantitative estimate of drug-likeness (QED) is 0.0258. The Morgan fingerprint density at radius 1 is 0.466 bits per heavy atom. The first-order chi connectivity index (χ1) is 35.6. The minimum Gasteiger partial charge on any atom is -0.457 e. The van der Waals surface area contributed by atoms with Crippen LogP contribution >= 0.6 is 0 Å². The van der Waals surface area contributed by atoms with Crippen LogP contribution in [0.5, 0.6) is 0 Å². The van der Waals surface area contributed by atoms with Crippen LogP contribution in [0.25, 0.3) is 0 Å². The summed E-state index contributed by atoms with van der Waals surface area (Å²) in [5, 5.41) is 30.9. The average molecular weight is 1060 g/mol. The molecule has 0 aliphatic carbocycles. The number of aliphatic hydroxyl groups is 3. The molecule has 0 saturated carbocycles. The van der Waals surface area contributed by atoms with Crippen molar-refractivity contribution in [2.75, 3.05) is 26.4 Å². The molecular formula is C60H118O12S. The summed E-state index contributed by atoms with van der Waals surface area (Å²) < 4.78 is 59.5. The average Bonchev–Trinajstić information content (AvgIpc) is 3.37. The van der Waals surface area contributed by atoms with Gasteiger partial charge in [-0.15, -0.1) is 0 Å². The van der Waals surface area contributed by atoms with E-state index in [4.69, 9.17) is 18.9 Å². The molecule has 12 nitrogen and oxygen atoms in total. The van der Waals surface area contributed by atoms with Gasteiger partial charge >= 0.3 is 16.4 Å². The second kappa shape index (κ2) is 51.8. The normalized spacial score (nSPS) is 18.7. The molecule has 0 aromatic carbocycles. The van der Waals surface area contributed by atoms with Gasteiger partial charge in [-0.25, -0.2) is 4.18 Å². The topological polar surface area (TPSA) is 178 Å². The molecule has 1 aliphatic rings. The molecule has 1 rings (SSSR count). The van der Waals surface area contributed by atoms with E-state index in [1.807, 2.05) is 0 Å². The van der Waals surface area contributed by atoms with Crippen LogP contribution in [0.2, 0.25) is 0 Å². The highest BCUT2D eigenvalue weighted by molar-refractivity contribution is 7.80. The van der Waals surface area contributed by atoms with Crippen LogP contribution in [-0.2, 0) is 38.3 Å². The van der Waals surface area contributed by atoms with Crippen molar-refractivity contribution in [2.45, 2.75) is 352 Å². The van der Waals surface area contributed by atoms with Gasteiger partial charge in [0.25, 0.3) is 0 Å². The van der Waals surface area contributed by atoms with Gasteiger partial charge in [0.2, 0.25) is 0 Å². The van der Waals surface area contributed by atoms with E-state index in [0.717, 1.165) is 38.5 Å². The molecule has 1 aliphatic heterocycles. The molecule has 13 heteroatoms. The molecule has 1 fully saturated rings. The van der Waals surface area contributed by atoms with Crippen molar-refractivity contribution in [3.63, 3.8) is 0 Å². The van der Waals surface area contributed by atoms with Crippen molar-refractivity contribution in [1.82, 2.24) is 0 Å². The molecule has 0 radical (unpaired) electrons. The van der Waals surface area contributed by atoms with E-state index in [-0.39, 0.29) is 25.6 Å². The summed E-state index contributed by atoms with van der Waals surface area (Å²) in [6, 6.07) is 0. The summed E-state index contributed by atoms with van der Waals surface area (Å²) in [6.45, 7) is 4.09. The molecule has 0 bridgehead atoms. The van der Waals surface area contributed by atoms with Crippen LogP contribution in [-0.4, -0.2) is 97.5 Å². The highest BCUT2D eigenvalue weighted by atomic mass is 32.3. The van der Waals surface area contributed by atoms with E-state index in [9.17, 15) is 33.1 Å². The smallest absolute Gasteiger partial charge is 0.397 e. The molecule has 0 spiro atoms. The Morgan fingerprint density at radius 3 is 1.10 bits per heavy atom. The predicted molar refractivity (Wildman–Crippen MR) is 299 cm³/mol. The van der Waals surface area contributed by atoms with Gasteiger partial charge in [0.05, 0.1) is 19.8 Å². The van der Waals surface area contributed by atoms with Crippen LogP contribution in [0.15, 0.2) is 0 Å². The Morgan fingerprint density at radius 2 is 0.781 bits per heavy atom.